The zero-order valence-electron chi connectivity index (χ0n) is 17.2. The number of rotatable bonds is 5. The van der Waals surface area contributed by atoms with Gasteiger partial charge in [-0.25, -0.2) is 18.7 Å². The van der Waals surface area contributed by atoms with Crippen molar-refractivity contribution in [1.82, 2.24) is 9.78 Å². The molecule has 1 aromatic heterocycles. The van der Waals surface area contributed by atoms with Gasteiger partial charge in [-0.05, 0) is 40.5 Å². The Hall–Kier alpha value is -4.46. The summed E-state index contributed by atoms with van der Waals surface area (Å²) in [6.07, 6.45) is 0.254. The van der Waals surface area contributed by atoms with Crippen LogP contribution < -0.4 is 5.32 Å². The van der Waals surface area contributed by atoms with Crippen LogP contribution in [0.3, 0.4) is 0 Å². The number of aromatic nitrogens is 2. The Kier molecular flexibility index (Phi) is 5.10. The number of carboxylic acid groups (broad SMARTS) is 1. The van der Waals surface area contributed by atoms with Crippen molar-refractivity contribution < 1.29 is 23.8 Å². The van der Waals surface area contributed by atoms with Crippen molar-refractivity contribution >= 4 is 17.9 Å². The van der Waals surface area contributed by atoms with Crippen LogP contribution in [0, 0.1) is 5.82 Å². The molecule has 1 amide bonds. The number of hydrogen-bond donors (Lipinski definition) is 2. The highest BCUT2D eigenvalue weighted by Crippen LogP contribution is 2.44. The summed E-state index contributed by atoms with van der Waals surface area (Å²) in [6, 6.07) is 21.3. The molecule has 0 unspecified atom stereocenters. The zero-order valence-corrected chi connectivity index (χ0v) is 17.2. The summed E-state index contributed by atoms with van der Waals surface area (Å²) in [7, 11) is 0. The van der Waals surface area contributed by atoms with Gasteiger partial charge in [0.15, 0.2) is 5.82 Å². The van der Waals surface area contributed by atoms with Gasteiger partial charge in [0.2, 0.25) is 0 Å². The lowest BCUT2D eigenvalue weighted by Crippen LogP contribution is -2.21. The van der Waals surface area contributed by atoms with Gasteiger partial charge in [0.1, 0.15) is 18.0 Å². The number of ether oxygens (including phenoxy) is 1. The van der Waals surface area contributed by atoms with Gasteiger partial charge in [-0.3, -0.25) is 5.32 Å². The Labute approximate surface area is 188 Å². The molecule has 2 N–H and O–H groups in total. The number of aromatic carboxylic acids is 1. The molecule has 0 bridgehead atoms. The maximum absolute atomic E-state index is 13.7. The summed E-state index contributed by atoms with van der Waals surface area (Å²) in [5, 5.41) is 16.0. The molecule has 7 nitrogen and oxygen atoms in total. The molecule has 8 heteroatoms. The van der Waals surface area contributed by atoms with Crippen molar-refractivity contribution in [3.63, 3.8) is 0 Å². The highest BCUT2D eigenvalue weighted by Gasteiger charge is 2.29. The van der Waals surface area contributed by atoms with E-state index in [-0.39, 0.29) is 29.6 Å². The minimum Gasteiger partial charge on any atom is -0.477 e. The van der Waals surface area contributed by atoms with E-state index in [0.717, 1.165) is 33.1 Å². The summed E-state index contributed by atoms with van der Waals surface area (Å²) in [6.45, 7) is 0.0658. The average molecular weight is 443 g/mol. The van der Waals surface area contributed by atoms with E-state index in [4.69, 9.17) is 4.74 Å². The van der Waals surface area contributed by atoms with Crippen LogP contribution in [-0.4, -0.2) is 33.6 Å². The lowest BCUT2D eigenvalue weighted by atomic mass is 9.98. The van der Waals surface area contributed by atoms with Crippen molar-refractivity contribution in [1.29, 1.82) is 0 Å². The van der Waals surface area contributed by atoms with E-state index < -0.39 is 17.9 Å². The second-order valence-electron chi connectivity index (χ2n) is 7.55. The van der Waals surface area contributed by atoms with Crippen molar-refractivity contribution in [2.75, 3.05) is 11.9 Å². The molecule has 164 valence electrons. The number of nitrogens with zero attached hydrogens (tertiary/aromatic N) is 2. The quantitative estimate of drug-likeness (QED) is 0.449. The van der Waals surface area contributed by atoms with Gasteiger partial charge in [0.25, 0.3) is 0 Å². The van der Waals surface area contributed by atoms with Crippen LogP contribution in [0.1, 0.15) is 27.4 Å². The SMILES string of the molecule is O=C(Nc1c(C(=O)O)cnn1-c1cccc(F)c1)OCC1c2ccccc2-c2ccccc21. The number of amides is 1. The molecule has 0 spiro atoms. The molecule has 4 aromatic rings. The van der Waals surface area contributed by atoms with Crippen molar-refractivity contribution in [3.8, 4) is 16.8 Å². The molecule has 0 saturated heterocycles. The predicted molar refractivity (Wildman–Crippen MR) is 119 cm³/mol. The maximum Gasteiger partial charge on any atom is 0.412 e. The predicted octanol–water partition coefficient (Wildman–Crippen LogP) is 5.07. The number of fused-ring (bicyclic) bond motifs is 3. The fourth-order valence-corrected chi connectivity index (χ4v) is 4.16. The first-order chi connectivity index (χ1) is 16.0. The molecule has 1 aliphatic carbocycles. The Morgan fingerprint density at radius 3 is 2.30 bits per heavy atom. The number of benzene rings is 3. The highest BCUT2D eigenvalue weighted by molar-refractivity contribution is 5.98. The van der Waals surface area contributed by atoms with Crippen LogP contribution >= 0.6 is 0 Å². The van der Waals surface area contributed by atoms with E-state index in [2.05, 4.69) is 10.4 Å². The Balaban J connectivity index is 1.39. The molecule has 1 heterocycles. The molecule has 1 aliphatic rings. The average Bonchev–Trinajstić information content (AvgIpc) is 3.37. The Bertz CT molecular complexity index is 1340. The van der Waals surface area contributed by atoms with Gasteiger partial charge in [-0.1, -0.05) is 54.6 Å². The third-order valence-corrected chi connectivity index (χ3v) is 5.62. The van der Waals surface area contributed by atoms with Crippen molar-refractivity contribution in [3.05, 3.63) is 102 Å². The number of halogens is 1. The monoisotopic (exact) mass is 443 g/mol. The summed E-state index contributed by atoms with van der Waals surface area (Å²) in [5.74, 6) is -2.07. The number of hydrogen-bond acceptors (Lipinski definition) is 4. The van der Waals surface area contributed by atoms with Gasteiger partial charge in [0, 0.05) is 5.92 Å². The van der Waals surface area contributed by atoms with Crippen LogP contribution in [-0.2, 0) is 4.74 Å². The van der Waals surface area contributed by atoms with Gasteiger partial charge >= 0.3 is 12.1 Å². The molecule has 0 aliphatic heterocycles. The molecule has 0 radical (unpaired) electrons. The molecule has 0 saturated carbocycles. The zero-order chi connectivity index (χ0) is 22.9. The van der Waals surface area contributed by atoms with Gasteiger partial charge in [-0.15, -0.1) is 0 Å². The first-order valence-electron chi connectivity index (χ1n) is 10.2. The fraction of sp³-hybridized carbons (Fsp3) is 0.0800. The molecular weight excluding hydrogens is 425 g/mol. The lowest BCUT2D eigenvalue weighted by Gasteiger charge is -2.15. The second kappa shape index (κ2) is 8.23. The second-order valence-corrected chi connectivity index (χ2v) is 7.55. The summed E-state index contributed by atoms with van der Waals surface area (Å²) in [5.41, 5.74) is 4.33. The summed E-state index contributed by atoms with van der Waals surface area (Å²) >= 11 is 0. The van der Waals surface area contributed by atoms with Crippen LogP contribution in [0.15, 0.2) is 79.0 Å². The number of anilines is 1. The fourth-order valence-electron chi connectivity index (χ4n) is 4.16. The Morgan fingerprint density at radius 1 is 1.00 bits per heavy atom. The van der Waals surface area contributed by atoms with E-state index in [1.54, 1.807) is 6.07 Å². The van der Waals surface area contributed by atoms with E-state index in [1.807, 2.05) is 48.5 Å². The summed E-state index contributed by atoms with van der Waals surface area (Å²) < 4.78 is 20.3. The third kappa shape index (κ3) is 3.71. The molecule has 5 rings (SSSR count). The number of carboxylic acids is 1. The molecule has 3 aromatic carbocycles. The minimum absolute atomic E-state index is 0.0658. The van der Waals surface area contributed by atoms with Gasteiger partial charge < -0.3 is 9.84 Å². The largest absolute Gasteiger partial charge is 0.477 e. The third-order valence-electron chi connectivity index (χ3n) is 5.62. The molecule has 0 atom stereocenters. The minimum atomic E-state index is -1.29. The van der Waals surface area contributed by atoms with Crippen molar-refractivity contribution in [2.24, 2.45) is 0 Å². The van der Waals surface area contributed by atoms with Crippen LogP contribution in [0.4, 0.5) is 15.0 Å². The number of nitrogens with one attached hydrogen (secondary N) is 1. The van der Waals surface area contributed by atoms with E-state index in [0.29, 0.717) is 0 Å². The molecule has 33 heavy (non-hydrogen) atoms. The summed E-state index contributed by atoms with van der Waals surface area (Å²) in [4.78, 5) is 24.3. The highest BCUT2D eigenvalue weighted by atomic mass is 19.1. The first kappa shape index (κ1) is 20.4. The maximum atomic E-state index is 13.7. The van der Waals surface area contributed by atoms with E-state index >= 15 is 0 Å². The standard InChI is InChI=1S/C25H18FN3O4/c26-15-6-5-7-16(12-15)29-23(21(13-27-29)24(30)31)28-25(32)33-14-22-19-10-3-1-8-17(19)18-9-2-4-11-20(18)22/h1-13,22H,14H2,(H,28,32)(H,30,31). The van der Waals surface area contributed by atoms with Crippen LogP contribution in [0.25, 0.3) is 16.8 Å². The van der Waals surface area contributed by atoms with E-state index in [9.17, 15) is 19.1 Å². The molecular formula is C25H18FN3O4. The topological polar surface area (TPSA) is 93.5 Å². The van der Waals surface area contributed by atoms with Crippen molar-refractivity contribution in [2.45, 2.75) is 5.92 Å². The number of carbonyl (C=O) groups is 2. The van der Waals surface area contributed by atoms with Crippen LogP contribution in [0.5, 0.6) is 0 Å². The number of carbonyl (C=O) groups excluding carboxylic acids is 1. The van der Waals surface area contributed by atoms with Crippen LogP contribution in [0.2, 0.25) is 0 Å². The Morgan fingerprint density at radius 2 is 1.67 bits per heavy atom. The molecule has 0 fully saturated rings. The normalized spacial score (nSPS) is 12.2. The smallest absolute Gasteiger partial charge is 0.412 e. The van der Waals surface area contributed by atoms with Gasteiger partial charge in [0.05, 0.1) is 11.9 Å². The van der Waals surface area contributed by atoms with E-state index in [1.165, 1.54) is 18.2 Å². The lowest BCUT2D eigenvalue weighted by molar-refractivity contribution is 0.0698. The first-order valence-corrected chi connectivity index (χ1v) is 10.2. The van der Waals surface area contributed by atoms with Gasteiger partial charge in [-0.2, -0.15) is 5.10 Å².